The molecule has 0 aliphatic rings. The van der Waals surface area contributed by atoms with Gasteiger partial charge in [0.15, 0.2) is 11.6 Å². The van der Waals surface area contributed by atoms with Gasteiger partial charge in [0.1, 0.15) is 0 Å². The van der Waals surface area contributed by atoms with Gasteiger partial charge in [-0.25, -0.2) is 8.78 Å². The van der Waals surface area contributed by atoms with Crippen LogP contribution >= 0.6 is 0 Å². The SMILES string of the molecule is COCc1cccc(C(O)Cc2cccc(F)c2F)c1. The van der Waals surface area contributed by atoms with Gasteiger partial charge in [-0.15, -0.1) is 0 Å². The van der Waals surface area contributed by atoms with Crippen LogP contribution in [0, 0.1) is 11.6 Å². The molecule has 1 unspecified atom stereocenters. The highest BCUT2D eigenvalue weighted by atomic mass is 19.2. The normalized spacial score (nSPS) is 12.4. The Morgan fingerprint density at radius 1 is 1.15 bits per heavy atom. The van der Waals surface area contributed by atoms with E-state index in [2.05, 4.69) is 0 Å². The summed E-state index contributed by atoms with van der Waals surface area (Å²) in [6.07, 6.45) is -0.858. The van der Waals surface area contributed by atoms with Gasteiger partial charge in [-0.2, -0.15) is 0 Å². The van der Waals surface area contributed by atoms with Crippen molar-refractivity contribution >= 4 is 0 Å². The minimum absolute atomic E-state index is 0.0278. The summed E-state index contributed by atoms with van der Waals surface area (Å²) in [6, 6.07) is 11.2. The van der Waals surface area contributed by atoms with Crippen molar-refractivity contribution < 1.29 is 18.6 Å². The predicted molar refractivity (Wildman–Crippen MR) is 72.2 cm³/mol. The van der Waals surface area contributed by atoms with Crippen molar-refractivity contribution in [3.8, 4) is 0 Å². The molecule has 4 heteroatoms. The minimum atomic E-state index is -0.903. The molecular weight excluding hydrogens is 262 g/mol. The highest BCUT2D eigenvalue weighted by Gasteiger charge is 2.14. The first-order valence-corrected chi connectivity index (χ1v) is 6.30. The van der Waals surface area contributed by atoms with Gasteiger partial charge < -0.3 is 9.84 Å². The molecule has 2 aromatic rings. The molecule has 2 aromatic carbocycles. The van der Waals surface area contributed by atoms with Gasteiger partial charge in [0, 0.05) is 13.5 Å². The Bertz CT molecular complexity index is 584. The molecule has 1 N–H and O–H groups in total. The lowest BCUT2D eigenvalue weighted by molar-refractivity contribution is 0.174. The van der Waals surface area contributed by atoms with Crippen LogP contribution in [0.5, 0.6) is 0 Å². The number of rotatable bonds is 5. The lowest BCUT2D eigenvalue weighted by Gasteiger charge is -2.13. The second-order valence-electron chi connectivity index (χ2n) is 4.61. The molecule has 2 nitrogen and oxygen atoms in total. The summed E-state index contributed by atoms with van der Waals surface area (Å²) in [7, 11) is 1.59. The molecular formula is C16H16F2O2. The van der Waals surface area contributed by atoms with E-state index >= 15 is 0 Å². The van der Waals surface area contributed by atoms with Crippen LogP contribution in [-0.4, -0.2) is 12.2 Å². The Labute approximate surface area is 116 Å². The molecule has 0 aromatic heterocycles. The average molecular weight is 278 g/mol. The van der Waals surface area contributed by atoms with Crippen LogP contribution in [0.4, 0.5) is 8.78 Å². The molecule has 0 saturated carbocycles. The molecule has 0 amide bonds. The van der Waals surface area contributed by atoms with Gasteiger partial charge >= 0.3 is 0 Å². The monoisotopic (exact) mass is 278 g/mol. The third-order valence-corrected chi connectivity index (χ3v) is 3.09. The smallest absolute Gasteiger partial charge is 0.162 e. The average Bonchev–Trinajstić information content (AvgIpc) is 2.44. The summed E-state index contributed by atoms with van der Waals surface area (Å²) in [6.45, 7) is 0.439. The highest BCUT2D eigenvalue weighted by Crippen LogP contribution is 2.22. The highest BCUT2D eigenvalue weighted by molar-refractivity contribution is 5.27. The Morgan fingerprint density at radius 3 is 2.65 bits per heavy atom. The molecule has 0 aliphatic heterocycles. The number of aliphatic hydroxyl groups is 1. The zero-order valence-corrected chi connectivity index (χ0v) is 11.1. The first-order chi connectivity index (χ1) is 9.61. The van der Waals surface area contributed by atoms with Crippen LogP contribution in [0.25, 0.3) is 0 Å². The summed E-state index contributed by atoms with van der Waals surface area (Å²) in [4.78, 5) is 0. The van der Waals surface area contributed by atoms with Crippen LogP contribution < -0.4 is 0 Å². The van der Waals surface area contributed by atoms with Crippen molar-refractivity contribution in [2.45, 2.75) is 19.1 Å². The zero-order valence-electron chi connectivity index (χ0n) is 11.1. The fourth-order valence-corrected chi connectivity index (χ4v) is 2.09. The molecule has 0 spiro atoms. The topological polar surface area (TPSA) is 29.5 Å². The summed E-state index contributed by atoms with van der Waals surface area (Å²) in [5, 5.41) is 10.2. The van der Waals surface area contributed by atoms with Crippen LogP contribution in [-0.2, 0) is 17.8 Å². The Kier molecular flexibility index (Phi) is 4.82. The van der Waals surface area contributed by atoms with Crippen molar-refractivity contribution in [1.29, 1.82) is 0 Å². The van der Waals surface area contributed by atoms with E-state index in [0.717, 1.165) is 11.6 Å². The van der Waals surface area contributed by atoms with E-state index in [1.54, 1.807) is 25.3 Å². The maximum absolute atomic E-state index is 13.6. The molecule has 1 atom stereocenters. The third-order valence-electron chi connectivity index (χ3n) is 3.09. The van der Waals surface area contributed by atoms with Crippen LogP contribution in [0.2, 0.25) is 0 Å². The van der Waals surface area contributed by atoms with Gasteiger partial charge in [-0.05, 0) is 22.8 Å². The standard InChI is InChI=1S/C16H16F2O2/c1-20-10-11-4-2-5-12(8-11)15(19)9-13-6-3-7-14(17)16(13)18/h2-8,15,19H,9-10H2,1H3. The van der Waals surface area contributed by atoms with E-state index in [1.807, 2.05) is 6.07 Å². The maximum atomic E-state index is 13.6. The van der Waals surface area contributed by atoms with E-state index in [-0.39, 0.29) is 12.0 Å². The van der Waals surface area contributed by atoms with Gasteiger partial charge in [0.05, 0.1) is 12.7 Å². The van der Waals surface area contributed by atoms with E-state index in [9.17, 15) is 13.9 Å². The fraction of sp³-hybridized carbons (Fsp3) is 0.250. The molecule has 20 heavy (non-hydrogen) atoms. The van der Waals surface area contributed by atoms with Crippen molar-refractivity contribution in [2.75, 3.05) is 7.11 Å². The Hall–Kier alpha value is -1.78. The first-order valence-electron chi connectivity index (χ1n) is 6.30. The molecule has 0 heterocycles. The van der Waals surface area contributed by atoms with Gasteiger partial charge in [-0.1, -0.05) is 36.4 Å². The molecule has 2 rings (SSSR count). The van der Waals surface area contributed by atoms with E-state index in [4.69, 9.17) is 4.74 Å². The molecule has 0 aliphatic carbocycles. The number of hydrogen-bond acceptors (Lipinski definition) is 2. The van der Waals surface area contributed by atoms with Gasteiger partial charge in [-0.3, -0.25) is 0 Å². The van der Waals surface area contributed by atoms with Crippen LogP contribution in [0.15, 0.2) is 42.5 Å². The number of benzene rings is 2. The summed E-state index contributed by atoms with van der Waals surface area (Å²) >= 11 is 0. The number of ether oxygens (including phenoxy) is 1. The van der Waals surface area contributed by atoms with Crippen molar-refractivity contribution in [1.82, 2.24) is 0 Å². The summed E-state index contributed by atoms with van der Waals surface area (Å²) in [5.74, 6) is -1.80. The van der Waals surface area contributed by atoms with Gasteiger partial charge in [0.2, 0.25) is 0 Å². The Balaban J connectivity index is 2.17. The van der Waals surface area contributed by atoms with Crippen molar-refractivity contribution in [3.63, 3.8) is 0 Å². The second kappa shape index (κ2) is 6.59. The quantitative estimate of drug-likeness (QED) is 0.908. The Morgan fingerprint density at radius 2 is 1.90 bits per heavy atom. The zero-order chi connectivity index (χ0) is 14.5. The van der Waals surface area contributed by atoms with E-state index in [0.29, 0.717) is 12.2 Å². The van der Waals surface area contributed by atoms with Crippen LogP contribution in [0.1, 0.15) is 22.8 Å². The second-order valence-corrected chi connectivity index (χ2v) is 4.61. The number of halogens is 2. The molecule has 0 bridgehead atoms. The summed E-state index contributed by atoms with van der Waals surface area (Å²) < 4.78 is 31.7. The van der Waals surface area contributed by atoms with Crippen LogP contribution in [0.3, 0.4) is 0 Å². The maximum Gasteiger partial charge on any atom is 0.162 e. The fourth-order valence-electron chi connectivity index (χ4n) is 2.09. The van der Waals surface area contributed by atoms with E-state index in [1.165, 1.54) is 12.1 Å². The largest absolute Gasteiger partial charge is 0.388 e. The number of aliphatic hydroxyl groups excluding tert-OH is 1. The lowest BCUT2D eigenvalue weighted by atomic mass is 9.99. The molecule has 0 fully saturated rings. The minimum Gasteiger partial charge on any atom is -0.388 e. The third kappa shape index (κ3) is 3.40. The lowest BCUT2D eigenvalue weighted by Crippen LogP contribution is -2.05. The predicted octanol–water partition coefficient (Wildman–Crippen LogP) is 3.39. The number of methoxy groups -OCH3 is 1. The first kappa shape index (κ1) is 14.6. The van der Waals surface area contributed by atoms with E-state index < -0.39 is 17.7 Å². The number of hydrogen-bond donors (Lipinski definition) is 1. The van der Waals surface area contributed by atoms with Gasteiger partial charge in [0.25, 0.3) is 0 Å². The summed E-state index contributed by atoms with van der Waals surface area (Å²) in [5.41, 5.74) is 1.74. The molecule has 0 saturated heterocycles. The van der Waals surface area contributed by atoms with Crippen molar-refractivity contribution in [2.24, 2.45) is 0 Å². The molecule has 106 valence electrons. The van der Waals surface area contributed by atoms with Crippen molar-refractivity contribution in [3.05, 3.63) is 70.8 Å². The molecule has 0 radical (unpaired) electrons.